The Labute approximate surface area is 182 Å². The Morgan fingerprint density at radius 3 is 2.34 bits per heavy atom. The number of unbranched alkanes of at least 4 members (excludes halogenated alkanes) is 1. The van der Waals surface area contributed by atoms with Crippen molar-refractivity contribution in [3.05, 3.63) is 52.0 Å². The van der Waals surface area contributed by atoms with Gasteiger partial charge in [0, 0.05) is 31.7 Å². The number of methoxy groups -OCH3 is 1. The minimum absolute atomic E-state index is 0.0754. The van der Waals surface area contributed by atoms with Crippen LogP contribution in [0.25, 0.3) is 0 Å². The van der Waals surface area contributed by atoms with Gasteiger partial charge in [-0.3, -0.25) is 4.79 Å². The fraction of sp³-hybridized carbons (Fsp3) is 0.409. The largest absolute Gasteiger partial charge is 0.495 e. The van der Waals surface area contributed by atoms with Crippen molar-refractivity contribution in [3.63, 3.8) is 0 Å². The highest BCUT2D eigenvalue weighted by atomic mass is 35.5. The average molecular weight is 437 g/mol. The molecule has 0 unspecified atom stereocenters. The number of rotatable bonds is 7. The lowest BCUT2D eigenvalue weighted by Gasteiger charge is -2.36. The molecule has 2 aromatic rings. The van der Waals surface area contributed by atoms with Crippen LogP contribution in [-0.4, -0.2) is 50.7 Å². The first-order chi connectivity index (χ1) is 14.0. The summed E-state index contributed by atoms with van der Waals surface area (Å²) < 4.78 is 11.1. The van der Waals surface area contributed by atoms with Gasteiger partial charge in [0.05, 0.1) is 29.4 Å². The first kappa shape index (κ1) is 21.6. The highest BCUT2D eigenvalue weighted by Gasteiger charge is 2.25. The highest BCUT2D eigenvalue weighted by molar-refractivity contribution is 6.37. The van der Waals surface area contributed by atoms with E-state index in [1.807, 2.05) is 29.2 Å². The number of carbonyl (C=O) groups excluding carboxylic acids is 1. The predicted molar refractivity (Wildman–Crippen MR) is 118 cm³/mol. The molecule has 0 radical (unpaired) electrons. The molecular formula is C22H26Cl2N2O3. The molecule has 3 rings (SSSR count). The Bertz CT molecular complexity index is 829. The van der Waals surface area contributed by atoms with Crippen molar-refractivity contribution in [1.82, 2.24) is 4.90 Å². The summed E-state index contributed by atoms with van der Waals surface area (Å²) in [6, 6.07) is 11.2. The van der Waals surface area contributed by atoms with Crippen LogP contribution in [0.3, 0.4) is 0 Å². The molecule has 29 heavy (non-hydrogen) atoms. The monoisotopic (exact) mass is 436 g/mol. The van der Waals surface area contributed by atoms with Crippen molar-refractivity contribution in [1.29, 1.82) is 0 Å². The third-order valence-electron chi connectivity index (χ3n) is 4.98. The Kier molecular flexibility index (Phi) is 7.51. The second-order valence-corrected chi connectivity index (χ2v) is 7.74. The Morgan fingerprint density at radius 2 is 1.72 bits per heavy atom. The van der Waals surface area contributed by atoms with E-state index in [0.717, 1.165) is 37.4 Å². The minimum Gasteiger partial charge on any atom is -0.495 e. The van der Waals surface area contributed by atoms with Crippen molar-refractivity contribution < 1.29 is 14.3 Å². The van der Waals surface area contributed by atoms with Gasteiger partial charge in [0.25, 0.3) is 5.91 Å². The summed E-state index contributed by atoms with van der Waals surface area (Å²) in [5, 5.41) is 0.731. The van der Waals surface area contributed by atoms with Gasteiger partial charge in [0.1, 0.15) is 5.75 Å². The van der Waals surface area contributed by atoms with E-state index in [-0.39, 0.29) is 5.91 Å². The molecular weight excluding hydrogens is 411 g/mol. The normalized spacial score (nSPS) is 14.1. The fourth-order valence-electron chi connectivity index (χ4n) is 3.36. The molecule has 1 saturated heterocycles. The number of carbonyl (C=O) groups is 1. The van der Waals surface area contributed by atoms with E-state index in [0.29, 0.717) is 41.1 Å². The first-order valence-corrected chi connectivity index (χ1v) is 10.6. The van der Waals surface area contributed by atoms with Crippen LogP contribution in [0.1, 0.15) is 30.1 Å². The maximum Gasteiger partial charge on any atom is 0.254 e. The zero-order valence-corrected chi connectivity index (χ0v) is 18.3. The third kappa shape index (κ3) is 5.09. The molecule has 1 fully saturated rings. The number of anilines is 1. The van der Waals surface area contributed by atoms with Crippen LogP contribution < -0.4 is 14.4 Å². The molecule has 0 aliphatic carbocycles. The van der Waals surface area contributed by atoms with Gasteiger partial charge in [-0.1, -0.05) is 48.7 Å². The summed E-state index contributed by atoms with van der Waals surface area (Å²) in [6.07, 6.45) is 1.94. The van der Waals surface area contributed by atoms with Gasteiger partial charge in [-0.25, -0.2) is 0 Å². The van der Waals surface area contributed by atoms with E-state index in [1.165, 1.54) is 0 Å². The number of hydrogen-bond acceptors (Lipinski definition) is 4. The number of hydrogen-bond donors (Lipinski definition) is 0. The summed E-state index contributed by atoms with van der Waals surface area (Å²) in [6.45, 7) is 5.31. The number of amides is 1. The number of para-hydroxylation sites is 2. The SMILES string of the molecule is CCCCOc1c(Cl)cc(C(=O)N2CCN(c3ccccc3OC)CC2)cc1Cl. The molecule has 0 aromatic heterocycles. The maximum atomic E-state index is 13.0. The van der Waals surface area contributed by atoms with Crippen LogP contribution in [0.4, 0.5) is 5.69 Å². The average Bonchev–Trinajstić information content (AvgIpc) is 2.75. The van der Waals surface area contributed by atoms with E-state index < -0.39 is 0 Å². The van der Waals surface area contributed by atoms with Crippen LogP contribution in [0.5, 0.6) is 11.5 Å². The third-order valence-corrected chi connectivity index (χ3v) is 5.54. The van der Waals surface area contributed by atoms with E-state index in [9.17, 15) is 4.79 Å². The van der Waals surface area contributed by atoms with Crippen LogP contribution in [0, 0.1) is 0 Å². The van der Waals surface area contributed by atoms with E-state index in [1.54, 1.807) is 19.2 Å². The lowest BCUT2D eigenvalue weighted by Crippen LogP contribution is -2.48. The summed E-state index contributed by atoms with van der Waals surface area (Å²) in [4.78, 5) is 17.0. The van der Waals surface area contributed by atoms with Gasteiger partial charge in [-0.05, 0) is 30.7 Å². The Hall–Kier alpha value is -2.11. The molecule has 7 heteroatoms. The quantitative estimate of drug-likeness (QED) is 0.563. The predicted octanol–water partition coefficient (Wildman–Crippen LogP) is 5.14. The lowest BCUT2D eigenvalue weighted by molar-refractivity contribution is 0.0746. The fourth-order valence-corrected chi connectivity index (χ4v) is 3.96. The van der Waals surface area contributed by atoms with Gasteiger partial charge in [-0.15, -0.1) is 0 Å². The number of benzene rings is 2. The molecule has 0 bridgehead atoms. The molecule has 1 amide bonds. The zero-order valence-electron chi connectivity index (χ0n) is 16.8. The molecule has 2 aromatic carbocycles. The van der Waals surface area contributed by atoms with Gasteiger partial charge < -0.3 is 19.3 Å². The van der Waals surface area contributed by atoms with Crippen molar-refractivity contribution in [2.45, 2.75) is 19.8 Å². The maximum absolute atomic E-state index is 13.0. The molecule has 0 saturated carbocycles. The van der Waals surface area contributed by atoms with Gasteiger partial charge in [0.15, 0.2) is 5.75 Å². The summed E-state index contributed by atoms with van der Waals surface area (Å²) in [5.74, 6) is 1.21. The van der Waals surface area contributed by atoms with Crippen molar-refractivity contribution >= 4 is 34.8 Å². The molecule has 1 aliphatic heterocycles. The number of ether oxygens (including phenoxy) is 2. The highest BCUT2D eigenvalue weighted by Crippen LogP contribution is 2.35. The van der Waals surface area contributed by atoms with Crippen molar-refractivity contribution in [2.75, 3.05) is 44.8 Å². The molecule has 0 N–H and O–H groups in total. The van der Waals surface area contributed by atoms with Crippen LogP contribution in [0.2, 0.25) is 10.0 Å². The Morgan fingerprint density at radius 1 is 1.07 bits per heavy atom. The summed E-state index contributed by atoms with van der Waals surface area (Å²) >= 11 is 12.7. The Balaban J connectivity index is 1.66. The molecule has 1 aliphatic rings. The molecule has 5 nitrogen and oxygen atoms in total. The van der Waals surface area contributed by atoms with Crippen molar-refractivity contribution in [3.8, 4) is 11.5 Å². The van der Waals surface area contributed by atoms with E-state index in [4.69, 9.17) is 32.7 Å². The van der Waals surface area contributed by atoms with E-state index >= 15 is 0 Å². The smallest absolute Gasteiger partial charge is 0.254 e. The van der Waals surface area contributed by atoms with Crippen LogP contribution in [0.15, 0.2) is 36.4 Å². The second kappa shape index (κ2) is 10.1. The molecule has 0 atom stereocenters. The van der Waals surface area contributed by atoms with Gasteiger partial charge in [0.2, 0.25) is 0 Å². The first-order valence-electron chi connectivity index (χ1n) is 9.84. The zero-order chi connectivity index (χ0) is 20.8. The minimum atomic E-state index is -0.0754. The summed E-state index contributed by atoms with van der Waals surface area (Å²) in [7, 11) is 1.67. The van der Waals surface area contributed by atoms with Crippen LogP contribution in [-0.2, 0) is 0 Å². The lowest BCUT2D eigenvalue weighted by atomic mass is 10.1. The molecule has 0 spiro atoms. The van der Waals surface area contributed by atoms with Gasteiger partial charge in [-0.2, -0.15) is 0 Å². The molecule has 1 heterocycles. The number of nitrogens with zero attached hydrogens (tertiary/aromatic N) is 2. The standard InChI is InChI=1S/C22H26Cl2N2O3/c1-3-4-13-29-21-17(23)14-16(15-18(21)24)22(27)26-11-9-25(10-12-26)19-7-5-6-8-20(19)28-2/h5-8,14-15H,3-4,9-13H2,1-2H3. The number of halogens is 2. The molecule has 156 valence electrons. The topological polar surface area (TPSA) is 42.0 Å². The second-order valence-electron chi connectivity index (χ2n) is 6.92. The van der Waals surface area contributed by atoms with Crippen molar-refractivity contribution in [2.24, 2.45) is 0 Å². The van der Waals surface area contributed by atoms with E-state index in [2.05, 4.69) is 11.8 Å². The van der Waals surface area contributed by atoms with Gasteiger partial charge >= 0.3 is 0 Å². The van der Waals surface area contributed by atoms with Crippen LogP contribution >= 0.6 is 23.2 Å². The summed E-state index contributed by atoms with van der Waals surface area (Å²) in [5.41, 5.74) is 1.52. The number of piperazine rings is 1.